The summed E-state index contributed by atoms with van der Waals surface area (Å²) in [5.74, 6) is -0.215. The summed E-state index contributed by atoms with van der Waals surface area (Å²) >= 11 is 2.88. The van der Waals surface area contributed by atoms with Crippen molar-refractivity contribution in [2.75, 3.05) is 17.6 Å². The van der Waals surface area contributed by atoms with Gasteiger partial charge < -0.3 is 10.6 Å². The van der Waals surface area contributed by atoms with E-state index in [1.165, 1.54) is 28.7 Å². The van der Waals surface area contributed by atoms with Crippen LogP contribution in [0.15, 0.2) is 52.2 Å². The van der Waals surface area contributed by atoms with Crippen LogP contribution in [0.3, 0.4) is 0 Å². The summed E-state index contributed by atoms with van der Waals surface area (Å²) in [6.07, 6.45) is 0. The Morgan fingerprint density at radius 2 is 1.69 bits per heavy atom. The van der Waals surface area contributed by atoms with Gasteiger partial charge in [0.25, 0.3) is 0 Å². The Morgan fingerprint density at radius 3 is 2.38 bits per heavy atom. The number of thiazole rings is 1. The van der Waals surface area contributed by atoms with Gasteiger partial charge in [-0.2, -0.15) is 0 Å². The molecule has 0 bridgehead atoms. The number of carbonyl (C=O) groups is 2. The number of hydrogen-bond donors (Lipinski definition) is 2. The summed E-state index contributed by atoms with van der Waals surface area (Å²) < 4.78 is 0.829. The van der Waals surface area contributed by atoms with Gasteiger partial charge >= 0.3 is 0 Å². The average Bonchev–Trinajstić information content (AvgIpc) is 3.17. The molecule has 3 rings (SSSR count). The Kier molecular flexibility index (Phi) is 7.06. The third kappa shape index (κ3) is 5.92. The highest BCUT2D eigenvalue weighted by atomic mass is 32.2. The number of thioether (sulfide) groups is 1. The maximum absolute atomic E-state index is 12.1. The number of carbonyl (C=O) groups excluding carboxylic acids is 2. The first-order valence-corrected chi connectivity index (χ1v) is 11.1. The molecule has 0 aliphatic carbocycles. The molecule has 1 aromatic heterocycles. The van der Waals surface area contributed by atoms with E-state index in [4.69, 9.17) is 0 Å². The summed E-state index contributed by atoms with van der Waals surface area (Å²) in [5, 5.41) is 7.51. The first kappa shape index (κ1) is 21.1. The summed E-state index contributed by atoms with van der Waals surface area (Å²) in [6.45, 7) is 5.88. The van der Waals surface area contributed by atoms with Crippen LogP contribution in [0.5, 0.6) is 0 Å². The largest absolute Gasteiger partial charge is 0.346 e. The minimum Gasteiger partial charge on any atom is -0.346 e. The van der Waals surface area contributed by atoms with E-state index in [2.05, 4.69) is 27.8 Å². The van der Waals surface area contributed by atoms with Crippen LogP contribution in [-0.2, 0) is 9.59 Å². The maximum atomic E-state index is 12.1. The van der Waals surface area contributed by atoms with Crippen molar-refractivity contribution in [1.82, 2.24) is 10.3 Å². The van der Waals surface area contributed by atoms with Crippen LogP contribution in [-0.4, -0.2) is 29.1 Å². The van der Waals surface area contributed by atoms with Crippen molar-refractivity contribution >= 4 is 40.6 Å². The van der Waals surface area contributed by atoms with Crippen molar-refractivity contribution in [3.8, 4) is 11.3 Å². The molecule has 5 nitrogen and oxygen atoms in total. The molecule has 0 fully saturated rings. The normalized spacial score (nSPS) is 10.6. The highest BCUT2D eigenvalue weighted by Gasteiger charge is 2.11. The van der Waals surface area contributed by atoms with Crippen molar-refractivity contribution in [1.29, 1.82) is 0 Å². The van der Waals surface area contributed by atoms with E-state index in [0.717, 1.165) is 32.4 Å². The number of amides is 2. The SMILES string of the molecule is Cc1ccc(-c2csc(SCC(=O)NCC(=O)Nc3c(C)cccc3C)n2)cc1. The third-order valence-corrected chi connectivity index (χ3v) is 6.37. The van der Waals surface area contributed by atoms with E-state index in [1.54, 1.807) is 0 Å². The summed E-state index contributed by atoms with van der Waals surface area (Å²) in [5.41, 5.74) is 5.96. The van der Waals surface area contributed by atoms with E-state index in [1.807, 2.05) is 56.5 Å². The fraction of sp³-hybridized carbons (Fsp3) is 0.227. The van der Waals surface area contributed by atoms with Crippen LogP contribution in [0.4, 0.5) is 5.69 Å². The molecule has 1 heterocycles. The first-order chi connectivity index (χ1) is 13.9. The lowest BCUT2D eigenvalue weighted by atomic mass is 10.1. The van der Waals surface area contributed by atoms with Gasteiger partial charge in [-0.05, 0) is 31.9 Å². The van der Waals surface area contributed by atoms with Crippen molar-refractivity contribution in [2.45, 2.75) is 25.1 Å². The number of hydrogen-bond acceptors (Lipinski definition) is 5. The number of benzene rings is 2. The van der Waals surface area contributed by atoms with Gasteiger partial charge in [-0.25, -0.2) is 4.98 Å². The lowest BCUT2D eigenvalue weighted by molar-refractivity contribution is -0.122. The highest BCUT2D eigenvalue weighted by molar-refractivity contribution is 8.01. The van der Waals surface area contributed by atoms with Crippen molar-refractivity contribution in [3.63, 3.8) is 0 Å². The zero-order valence-corrected chi connectivity index (χ0v) is 18.2. The molecule has 7 heteroatoms. The second-order valence-electron chi connectivity index (χ2n) is 6.75. The molecule has 0 saturated heterocycles. The molecular weight excluding hydrogens is 402 g/mol. The average molecular weight is 426 g/mol. The van der Waals surface area contributed by atoms with Crippen LogP contribution in [0.1, 0.15) is 16.7 Å². The van der Waals surface area contributed by atoms with Crippen LogP contribution in [0.2, 0.25) is 0 Å². The Balaban J connectivity index is 1.45. The smallest absolute Gasteiger partial charge is 0.243 e. The highest BCUT2D eigenvalue weighted by Crippen LogP contribution is 2.28. The molecule has 2 amide bonds. The van der Waals surface area contributed by atoms with Crippen LogP contribution < -0.4 is 10.6 Å². The minimum absolute atomic E-state index is 0.0559. The van der Waals surface area contributed by atoms with E-state index >= 15 is 0 Å². The molecule has 0 spiro atoms. The molecule has 150 valence electrons. The van der Waals surface area contributed by atoms with Gasteiger partial charge in [-0.15, -0.1) is 11.3 Å². The van der Waals surface area contributed by atoms with Crippen LogP contribution >= 0.6 is 23.1 Å². The van der Waals surface area contributed by atoms with Crippen molar-refractivity contribution < 1.29 is 9.59 Å². The lowest BCUT2D eigenvalue weighted by Crippen LogP contribution is -2.34. The molecule has 0 atom stereocenters. The van der Waals surface area contributed by atoms with Crippen molar-refractivity contribution in [3.05, 3.63) is 64.5 Å². The molecule has 0 aliphatic heterocycles. The zero-order chi connectivity index (χ0) is 20.8. The fourth-order valence-corrected chi connectivity index (χ4v) is 4.40. The predicted molar refractivity (Wildman–Crippen MR) is 121 cm³/mol. The van der Waals surface area contributed by atoms with Gasteiger partial charge in [-0.3, -0.25) is 9.59 Å². The van der Waals surface area contributed by atoms with Gasteiger partial charge in [0.2, 0.25) is 11.8 Å². The standard InChI is InChI=1S/C22H23N3O2S2/c1-14-7-9-17(10-8-14)18-12-28-22(24-18)29-13-20(27)23-11-19(26)25-21-15(2)5-4-6-16(21)3/h4-10,12H,11,13H2,1-3H3,(H,23,27)(H,25,26). The van der Waals surface area contributed by atoms with Gasteiger partial charge in [0.05, 0.1) is 18.0 Å². The molecule has 0 unspecified atom stereocenters. The van der Waals surface area contributed by atoms with E-state index < -0.39 is 0 Å². The topological polar surface area (TPSA) is 71.1 Å². The molecule has 2 N–H and O–H groups in total. The Hall–Kier alpha value is -2.64. The van der Waals surface area contributed by atoms with Gasteiger partial charge in [0.15, 0.2) is 4.34 Å². The number of rotatable bonds is 7. The quantitative estimate of drug-likeness (QED) is 0.544. The number of aryl methyl sites for hydroxylation is 3. The van der Waals surface area contributed by atoms with Crippen LogP contribution in [0.25, 0.3) is 11.3 Å². The maximum Gasteiger partial charge on any atom is 0.243 e. The molecular formula is C22H23N3O2S2. The fourth-order valence-electron chi connectivity index (χ4n) is 2.73. The number of para-hydroxylation sites is 1. The summed E-state index contributed by atoms with van der Waals surface area (Å²) in [4.78, 5) is 28.8. The summed E-state index contributed by atoms with van der Waals surface area (Å²) in [6, 6.07) is 14.0. The Labute approximate surface area is 179 Å². The molecule has 29 heavy (non-hydrogen) atoms. The van der Waals surface area contributed by atoms with E-state index in [0.29, 0.717) is 0 Å². The van der Waals surface area contributed by atoms with Crippen molar-refractivity contribution in [2.24, 2.45) is 0 Å². The third-order valence-electron chi connectivity index (χ3n) is 4.35. The van der Waals surface area contributed by atoms with Gasteiger partial charge in [0, 0.05) is 16.6 Å². The van der Waals surface area contributed by atoms with E-state index in [-0.39, 0.29) is 24.1 Å². The predicted octanol–water partition coefficient (Wildman–Crippen LogP) is 4.58. The number of aromatic nitrogens is 1. The molecule has 0 aliphatic rings. The Morgan fingerprint density at radius 1 is 1.00 bits per heavy atom. The molecule has 0 saturated carbocycles. The second-order valence-corrected chi connectivity index (χ2v) is 8.83. The molecule has 3 aromatic rings. The zero-order valence-electron chi connectivity index (χ0n) is 16.6. The Bertz CT molecular complexity index is 993. The first-order valence-electron chi connectivity index (χ1n) is 9.20. The van der Waals surface area contributed by atoms with Gasteiger partial charge in [0.1, 0.15) is 0 Å². The lowest BCUT2D eigenvalue weighted by Gasteiger charge is -2.11. The summed E-state index contributed by atoms with van der Waals surface area (Å²) in [7, 11) is 0. The monoisotopic (exact) mass is 425 g/mol. The van der Waals surface area contributed by atoms with Crippen LogP contribution in [0, 0.1) is 20.8 Å². The molecule has 0 radical (unpaired) electrons. The van der Waals surface area contributed by atoms with E-state index in [9.17, 15) is 9.59 Å². The number of nitrogens with one attached hydrogen (secondary N) is 2. The second kappa shape index (κ2) is 9.71. The molecule has 2 aromatic carbocycles. The van der Waals surface area contributed by atoms with Gasteiger partial charge in [-0.1, -0.05) is 59.8 Å². The number of anilines is 1. The minimum atomic E-state index is -0.239. The number of nitrogens with zero attached hydrogens (tertiary/aromatic N) is 1.